The fraction of sp³-hybridized carbons (Fsp3) is 0. The first-order chi connectivity index (χ1) is 9.47. The van der Waals surface area contributed by atoms with Crippen LogP contribution in [0.15, 0.2) is 34.9 Å². The Bertz CT molecular complexity index is 692. The number of non-ortho nitro benzene ring substituents is 1. The Labute approximate surface area is 120 Å². The van der Waals surface area contributed by atoms with Crippen molar-refractivity contribution in [3.63, 3.8) is 0 Å². The van der Waals surface area contributed by atoms with Gasteiger partial charge in [0.05, 0.1) is 17.2 Å². The topological polar surface area (TPSA) is 115 Å². The van der Waals surface area contributed by atoms with Gasteiger partial charge in [-0.05, 0) is 12.1 Å². The van der Waals surface area contributed by atoms with E-state index in [0.29, 0.717) is 4.47 Å². The number of halogens is 1. The van der Waals surface area contributed by atoms with Crippen molar-refractivity contribution in [1.82, 2.24) is 10.2 Å². The highest BCUT2D eigenvalue weighted by Gasteiger charge is 2.16. The first-order valence-electron chi connectivity index (χ1n) is 5.15. The van der Waals surface area contributed by atoms with E-state index in [9.17, 15) is 14.9 Å². The molecule has 0 saturated heterocycles. The molecule has 0 atom stereocenters. The Morgan fingerprint density at radius 2 is 2.15 bits per heavy atom. The van der Waals surface area contributed by atoms with Gasteiger partial charge in [-0.15, -0.1) is 5.10 Å². The minimum absolute atomic E-state index is 0.0778. The molecule has 9 heteroatoms. The number of aromatic nitrogens is 2. The molecule has 0 unspecified atom stereocenters. The van der Waals surface area contributed by atoms with E-state index in [-0.39, 0.29) is 22.9 Å². The Balaban J connectivity index is 2.40. The highest BCUT2D eigenvalue weighted by atomic mass is 79.9. The summed E-state index contributed by atoms with van der Waals surface area (Å²) in [4.78, 5) is 21.1. The fourth-order valence-electron chi connectivity index (χ4n) is 1.38. The van der Waals surface area contributed by atoms with Crippen LogP contribution in [-0.4, -0.2) is 26.2 Å². The molecule has 1 heterocycles. The van der Waals surface area contributed by atoms with Crippen molar-refractivity contribution < 1.29 is 19.6 Å². The van der Waals surface area contributed by atoms with Crippen LogP contribution in [0.25, 0.3) is 0 Å². The van der Waals surface area contributed by atoms with Gasteiger partial charge < -0.3 is 9.84 Å². The van der Waals surface area contributed by atoms with Crippen LogP contribution in [0.1, 0.15) is 10.4 Å². The Morgan fingerprint density at radius 1 is 1.40 bits per heavy atom. The van der Waals surface area contributed by atoms with Gasteiger partial charge in [0.2, 0.25) is 0 Å². The fourth-order valence-corrected chi connectivity index (χ4v) is 1.84. The number of aromatic carboxylic acids is 1. The van der Waals surface area contributed by atoms with Gasteiger partial charge in [-0.1, -0.05) is 15.9 Å². The van der Waals surface area contributed by atoms with Crippen LogP contribution in [0.5, 0.6) is 11.6 Å². The number of carbonyl (C=O) groups is 1. The third-order valence-electron chi connectivity index (χ3n) is 2.20. The molecule has 0 amide bonds. The summed E-state index contributed by atoms with van der Waals surface area (Å²) in [5.41, 5.74) is -0.391. The molecular weight excluding hydrogens is 334 g/mol. The van der Waals surface area contributed by atoms with E-state index in [0.717, 1.165) is 6.07 Å². The second-order valence-electron chi connectivity index (χ2n) is 3.56. The van der Waals surface area contributed by atoms with E-state index in [1.54, 1.807) is 0 Å². The maximum Gasteiger partial charge on any atom is 0.341 e. The quantitative estimate of drug-likeness (QED) is 0.672. The number of rotatable bonds is 4. The lowest BCUT2D eigenvalue weighted by Gasteiger charge is -2.06. The molecule has 0 radical (unpaired) electrons. The molecular formula is C11H6BrN3O5. The van der Waals surface area contributed by atoms with Gasteiger partial charge in [-0.2, -0.15) is 5.10 Å². The van der Waals surface area contributed by atoms with Gasteiger partial charge >= 0.3 is 5.97 Å². The lowest BCUT2D eigenvalue weighted by Crippen LogP contribution is -2.03. The van der Waals surface area contributed by atoms with Crippen molar-refractivity contribution in [2.24, 2.45) is 0 Å². The van der Waals surface area contributed by atoms with E-state index in [2.05, 4.69) is 26.1 Å². The number of carboxylic acid groups (broad SMARTS) is 1. The molecule has 0 aliphatic heterocycles. The van der Waals surface area contributed by atoms with Gasteiger partial charge in [0.25, 0.3) is 11.6 Å². The second-order valence-corrected chi connectivity index (χ2v) is 4.48. The first kappa shape index (κ1) is 13.9. The summed E-state index contributed by atoms with van der Waals surface area (Å²) >= 11 is 3.11. The summed E-state index contributed by atoms with van der Waals surface area (Å²) in [7, 11) is 0. The van der Waals surface area contributed by atoms with Crippen LogP contribution in [0.2, 0.25) is 0 Å². The summed E-state index contributed by atoms with van der Waals surface area (Å²) in [5.74, 6) is -1.40. The maximum absolute atomic E-state index is 11.0. The van der Waals surface area contributed by atoms with Crippen molar-refractivity contribution >= 4 is 27.6 Å². The number of nitrogens with zero attached hydrogens (tertiary/aromatic N) is 3. The molecule has 0 saturated carbocycles. The third kappa shape index (κ3) is 3.06. The van der Waals surface area contributed by atoms with Gasteiger partial charge in [0.1, 0.15) is 11.3 Å². The number of ether oxygens (including phenoxy) is 1. The van der Waals surface area contributed by atoms with Crippen LogP contribution in [-0.2, 0) is 0 Å². The molecule has 8 nitrogen and oxygen atoms in total. The molecule has 0 bridgehead atoms. The van der Waals surface area contributed by atoms with Crippen molar-refractivity contribution in [2.45, 2.75) is 0 Å². The Hall–Kier alpha value is -2.55. The van der Waals surface area contributed by atoms with E-state index < -0.39 is 10.9 Å². The molecule has 2 rings (SSSR count). The summed E-state index contributed by atoms with van der Waals surface area (Å²) in [6.45, 7) is 0. The second kappa shape index (κ2) is 5.61. The molecule has 0 aliphatic rings. The van der Waals surface area contributed by atoms with Crippen LogP contribution in [0.4, 0.5) is 5.69 Å². The normalized spacial score (nSPS) is 10.1. The lowest BCUT2D eigenvalue weighted by atomic mass is 10.3. The van der Waals surface area contributed by atoms with E-state index >= 15 is 0 Å². The summed E-state index contributed by atoms with van der Waals surface area (Å²) in [5, 5.41) is 26.8. The molecule has 102 valence electrons. The maximum atomic E-state index is 11.0. The number of hydrogen-bond acceptors (Lipinski definition) is 6. The van der Waals surface area contributed by atoms with E-state index in [4.69, 9.17) is 9.84 Å². The average molecular weight is 340 g/mol. The minimum atomic E-state index is -1.24. The van der Waals surface area contributed by atoms with Crippen LogP contribution < -0.4 is 4.74 Å². The van der Waals surface area contributed by atoms with E-state index in [1.807, 2.05) is 0 Å². The summed E-state index contributed by atoms with van der Waals surface area (Å²) in [6, 6.07) is 5.12. The minimum Gasteiger partial charge on any atom is -0.477 e. The number of carboxylic acids is 1. The van der Waals surface area contributed by atoms with Crippen LogP contribution in [0, 0.1) is 10.1 Å². The van der Waals surface area contributed by atoms with Gasteiger partial charge in [-0.25, -0.2) is 4.79 Å². The zero-order valence-electron chi connectivity index (χ0n) is 9.69. The number of nitro benzene ring substituents is 1. The number of hydrogen-bond donors (Lipinski definition) is 1. The number of nitro groups is 1. The Kier molecular flexibility index (Phi) is 3.89. The highest BCUT2D eigenvalue weighted by Crippen LogP contribution is 2.29. The smallest absolute Gasteiger partial charge is 0.341 e. The Morgan fingerprint density at radius 3 is 2.80 bits per heavy atom. The molecule has 0 aliphatic carbocycles. The zero-order valence-corrected chi connectivity index (χ0v) is 11.3. The molecule has 20 heavy (non-hydrogen) atoms. The molecule has 1 N–H and O–H groups in total. The molecule has 0 fully saturated rings. The molecule has 2 aromatic rings. The lowest BCUT2D eigenvalue weighted by molar-refractivity contribution is -0.385. The van der Waals surface area contributed by atoms with Crippen LogP contribution >= 0.6 is 15.9 Å². The van der Waals surface area contributed by atoms with Gasteiger partial charge in [0, 0.05) is 10.5 Å². The van der Waals surface area contributed by atoms with E-state index in [1.165, 1.54) is 24.4 Å². The van der Waals surface area contributed by atoms with Crippen molar-refractivity contribution in [3.05, 3.63) is 50.6 Å². The largest absolute Gasteiger partial charge is 0.477 e. The summed E-state index contributed by atoms with van der Waals surface area (Å²) in [6.07, 6.45) is 1.21. The molecule has 0 spiro atoms. The van der Waals surface area contributed by atoms with Crippen molar-refractivity contribution in [2.75, 3.05) is 0 Å². The average Bonchev–Trinajstić information content (AvgIpc) is 2.38. The van der Waals surface area contributed by atoms with Gasteiger partial charge in [-0.3, -0.25) is 10.1 Å². The first-order valence-corrected chi connectivity index (χ1v) is 5.94. The summed E-state index contributed by atoms with van der Waals surface area (Å²) < 4.78 is 5.67. The van der Waals surface area contributed by atoms with Crippen molar-refractivity contribution in [1.29, 1.82) is 0 Å². The molecule has 1 aromatic heterocycles. The van der Waals surface area contributed by atoms with Crippen molar-refractivity contribution in [3.8, 4) is 11.6 Å². The monoisotopic (exact) mass is 339 g/mol. The standard InChI is InChI=1S/C11H6BrN3O5/c12-6-3-7(15(18)19)5-8(4-6)20-10-9(11(16)17)1-2-13-14-10/h1-5H,(H,16,17). The zero-order chi connectivity index (χ0) is 14.7. The predicted molar refractivity (Wildman–Crippen MR) is 69.9 cm³/mol. The number of benzene rings is 1. The predicted octanol–water partition coefficient (Wildman–Crippen LogP) is 2.64. The SMILES string of the molecule is O=C(O)c1ccnnc1Oc1cc(Br)cc([N+](=O)[O-])c1. The van der Waals surface area contributed by atoms with Gasteiger partial charge in [0.15, 0.2) is 0 Å². The third-order valence-corrected chi connectivity index (χ3v) is 2.66. The van der Waals surface area contributed by atoms with Crippen LogP contribution in [0.3, 0.4) is 0 Å². The molecule has 1 aromatic carbocycles. The highest BCUT2D eigenvalue weighted by molar-refractivity contribution is 9.10.